The normalized spacial score (nSPS) is 10.2. The second-order valence-electron chi connectivity index (χ2n) is 4.54. The van der Waals surface area contributed by atoms with E-state index in [4.69, 9.17) is 5.73 Å². The van der Waals surface area contributed by atoms with Gasteiger partial charge in [-0.25, -0.2) is 0 Å². The van der Waals surface area contributed by atoms with E-state index in [0.29, 0.717) is 16.9 Å². The summed E-state index contributed by atoms with van der Waals surface area (Å²) in [5.74, 6) is -0.136. The average molecular weight is 254 g/mol. The molecule has 0 fully saturated rings. The molecule has 19 heavy (non-hydrogen) atoms. The van der Waals surface area contributed by atoms with Crippen molar-refractivity contribution in [1.29, 1.82) is 0 Å². The maximum Gasteiger partial charge on any atom is 0.255 e. The molecule has 0 radical (unpaired) electrons. The first-order chi connectivity index (χ1) is 9.11. The van der Waals surface area contributed by atoms with Gasteiger partial charge in [0.1, 0.15) is 0 Å². The SMILES string of the molecule is CCc1ccc(C(=O)Nc2c(C)cccc2N)cc1. The lowest BCUT2D eigenvalue weighted by molar-refractivity contribution is 0.102. The molecule has 3 heteroatoms. The number of anilines is 2. The molecule has 98 valence electrons. The first-order valence-corrected chi connectivity index (χ1v) is 6.37. The predicted molar refractivity (Wildman–Crippen MR) is 79.4 cm³/mol. The summed E-state index contributed by atoms with van der Waals surface area (Å²) in [5.41, 5.74) is 9.96. The Balaban J connectivity index is 2.20. The molecule has 0 saturated carbocycles. The molecule has 0 spiro atoms. The Labute approximate surface area is 113 Å². The fraction of sp³-hybridized carbons (Fsp3) is 0.188. The molecule has 3 nitrogen and oxygen atoms in total. The number of carbonyl (C=O) groups excluding carboxylic acids is 1. The molecule has 0 saturated heterocycles. The molecule has 0 aliphatic heterocycles. The number of rotatable bonds is 3. The monoisotopic (exact) mass is 254 g/mol. The lowest BCUT2D eigenvalue weighted by Crippen LogP contribution is -2.14. The van der Waals surface area contributed by atoms with E-state index >= 15 is 0 Å². The Bertz CT molecular complexity index is 568. The lowest BCUT2D eigenvalue weighted by atomic mass is 10.1. The van der Waals surface area contributed by atoms with E-state index in [9.17, 15) is 4.79 Å². The topological polar surface area (TPSA) is 55.1 Å². The lowest BCUT2D eigenvalue weighted by Gasteiger charge is -2.11. The van der Waals surface area contributed by atoms with Gasteiger partial charge in [0.25, 0.3) is 5.91 Å². The van der Waals surface area contributed by atoms with E-state index in [2.05, 4.69) is 12.2 Å². The number of nitrogen functional groups attached to an aromatic ring is 1. The number of nitrogens with one attached hydrogen (secondary N) is 1. The van der Waals surface area contributed by atoms with Crippen LogP contribution >= 0.6 is 0 Å². The average Bonchev–Trinajstić information content (AvgIpc) is 2.43. The molecule has 1 amide bonds. The van der Waals surface area contributed by atoms with Crippen LogP contribution in [0.2, 0.25) is 0 Å². The van der Waals surface area contributed by atoms with Gasteiger partial charge < -0.3 is 11.1 Å². The molecule has 3 N–H and O–H groups in total. The van der Waals surface area contributed by atoms with Crippen LogP contribution in [0.15, 0.2) is 42.5 Å². The molecular weight excluding hydrogens is 236 g/mol. The Hall–Kier alpha value is -2.29. The fourth-order valence-corrected chi connectivity index (χ4v) is 1.94. The van der Waals surface area contributed by atoms with Crippen LogP contribution in [0.4, 0.5) is 11.4 Å². The van der Waals surface area contributed by atoms with Crippen molar-refractivity contribution in [1.82, 2.24) is 0 Å². The standard InChI is InChI=1S/C16H18N2O/c1-3-12-7-9-13(10-8-12)16(19)18-15-11(2)5-4-6-14(15)17/h4-10H,3,17H2,1-2H3,(H,18,19). The summed E-state index contributed by atoms with van der Waals surface area (Å²) in [5, 5.41) is 2.87. The summed E-state index contributed by atoms with van der Waals surface area (Å²) in [6.07, 6.45) is 0.965. The van der Waals surface area contributed by atoms with Gasteiger partial charge in [0.05, 0.1) is 11.4 Å². The molecule has 0 unspecified atom stereocenters. The predicted octanol–water partition coefficient (Wildman–Crippen LogP) is 3.39. The fourth-order valence-electron chi connectivity index (χ4n) is 1.94. The number of benzene rings is 2. The van der Waals surface area contributed by atoms with Gasteiger partial charge in [-0.1, -0.05) is 31.2 Å². The van der Waals surface area contributed by atoms with Crippen LogP contribution in [0.25, 0.3) is 0 Å². The Morgan fingerprint density at radius 3 is 2.42 bits per heavy atom. The maximum atomic E-state index is 12.2. The number of amides is 1. The van der Waals surface area contributed by atoms with E-state index in [1.165, 1.54) is 5.56 Å². The smallest absolute Gasteiger partial charge is 0.255 e. The first kappa shape index (κ1) is 13.1. The second-order valence-corrected chi connectivity index (χ2v) is 4.54. The highest BCUT2D eigenvalue weighted by Crippen LogP contribution is 2.23. The first-order valence-electron chi connectivity index (χ1n) is 6.37. The van der Waals surface area contributed by atoms with Crippen molar-refractivity contribution in [3.8, 4) is 0 Å². The molecular formula is C16H18N2O. The summed E-state index contributed by atoms with van der Waals surface area (Å²) >= 11 is 0. The second kappa shape index (κ2) is 5.57. The van der Waals surface area contributed by atoms with E-state index in [0.717, 1.165) is 12.0 Å². The van der Waals surface area contributed by atoms with Crippen molar-refractivity contribution in [2.24, 2.45) is 0 Å². The highest BCUT2D eigenvalue weighted by atomic mass is 16.1. The number of nitrogens with two attached hydrogens (primary N) is 1. The summed E-state index contributed by atoms with van der Waals surface area (Å²) in [6, 6.07) is 13.2. The number of aryl methyl sites for hydroxylation is 2. The number of carbonyl (C=O) groups is 1. The van der Waals surface area contributed by atoms with Gasteiger partial charge in [-0.3, -0.25) is 4.79 Å². The minimum Gasteiger partial charge on any atom is -0.397 e. The minimum atomic E-state index is -0.136. The third kappa shape index (κ3) is 2.94. The maximum absolute atomic E-state index is 12.2. The summed E-state index contributed by atoms with van der Waals surface area (Å²) in [7, 11) is 0. The van der Waals surface area contributed by atoms with Crippen molar-refractivity contribution in [3.05, 3.63) is 59.2 Å². The third-order valence-corrected chi connectivity index (χ3v) is 3.17. The van der Waals surface area contributed by atoms with Gasteiger partial charge in [0, 0.05) is 5.56 Å². The van der Waals surface area contributed by atoms with Gasteiger partial charge in [0.2, 0.25) is 0 Å². The van der Waals surface area contributed by atoms with Crippen molar-refractivity contribution < 1.29 is 4.79 Å². The van der Waals surface area contributed by atoms with Gasteiger partial charge in [-0.2, -0.15) is 0 Å². The molecule has 0 heterocycles. The summed E-state index contributed by atoms with van der Waals surface area (Å²) in [4.78, 5) is 12.2. The summed E-state index contributed by atoms with van der Waals surface area (Å²) < 4.78 is 0. The van der Waals surface area contributed by atoms with Crippen LogP contribution in [0.3, 0.4) is 0 Å². The molecule has 0 aliphatic rings. The van der Waals surface area contributed by atoms with E-state index < -0.39 is 0 Å². The van der Waals surface area contributed by atoms with Gasteiger partial charge >= 0.3 is 0 Å². The van der Waals surface area contributed by atoms with E-state index in [1.807, 2.05) is 43.3 Å². The van der Waals surface area contributed by atoms with Crippen molar-refractivity contribution >= 4 is 17.3 Å². The molecule has 0 aromatic heterocycles. The van der Waals surface area contributed by atoms with E-state index in [-0.39, 0.29) is 5.91 Å². The van der Waals surface area contributed by atoms with Crippen molar-refractivity contribution in [2.75, 3.05) is 11.1 Å². The largest absolute Gasteiger partial charge is 0.397 e. The summed E-state index contributed by atoms with van der Waals surface area (Å²) in [6.45, 7) is 4.01. The zero-order valence-electron chi connectivity index (χ0n) is 11.2. The highest BCUT2D eigenvalue weighted by Gasteiger charge is 2.09. The van der Waals surface area contributed by atoms with Crippen LogP contribution in [-0.4, -0.2) is 5.91 Å². The zero-order chi connectivity index (χ0) is 13.8. The molecule has 2 aromatic carbocycles. The molecule has 0 bridgehead atoms. The Kier molecular flexibility index (Phi) is 3.85. The quantitative estimate of drug-likeness (QED) is 0.825. The van der Waals surface area contributed by atoms with Crippen LogP contribution in [0.5, 0.6) is 0 Å². The van der Waals surface area contributed by atoms with Gasteiger partial charge in [-0.15, -0.1) is 0 Å². The van der Waals surface area contributed by atoms with Crippen molar-refractivity contribution in [3.63, 3.8) is 0 Å². The van der Waals surface area contributed by atoms with Gasteiger partial charge in [-0.05, 0) is 42.7 Å². The van der Waals surface area contributed by atoms with E-state index in [1.54, 1.807) is 6.07 Å². The zero-order valence-corrected chi connectivity index (χ0v) is 11.2. The van der Waals surface area contributed by atoms with Crippen molar-refractivity contribution in [2.45, 2.75) is 20.3 Å². The van der Waals surface area contributed by atoms with Crippen LogP contribution in [0, 0.1) is 6.92 Å². The Morgan fingerprint density at radius 2 is 1.84 bits per heavy atom. The van der Waals surface area contributed by atoms with Gasteiger partial charge in [0.15, 0.2) is 0 Å². The van der Waals surface area contributed by atoms with Crippen LogP contribution < -0.4 is 11.1 Å². The Morgan fingerprint density at radius 1 is 1.16 bits per heavy atom. The number of hydrogen-bond acceptors (Lipinski definition) is 2. The van der Waals surface area contributed by atoms with Crippen LogP contribution in [0.1, 0.15) is 28.4 Å². The highest BCUT2D eigenvalue weighted by molar-refractivity contribution is 6.06. The molecule has 0 aliphatic carbocycles. The number of hydrogen-bond donors (Lipinski definition) is 2. The third-order valence-electron chi connectivity index (χ3n) is 3.17. The van der Waals surface area contributed by atoms with Crippen LogP contribution in [-0.2, 0) is 6.42 Å². The molecule has 0 atom stereocenters. The number of para-hydroxylation sites is 1. The molecule has 2 aromatic rings. The minimum absolute atomic E-state index is 0.136. The molecule has 2 rings (SSSR count).